The fourth-order valence-electron chi connectivity index (χ4n) is 2.04. The summed E-state index contributed by atoms with van der Waals surface area (Å²) in [7, 11) is 3.46. The average molecular weight is 266 g/mol. The molecule has 4 nitrogen and oxygen atoms in total. The molecule has 20 heavy (non-hydrogen) atoms. The summed E-state index contributed by atoms with van der Waals surface area (Å²) in [4.78, 5) is 18.0. The van der Waals surface area contributed by atoms with E-state index in [-0.39, 0.29) is 5.91 Å². The Morgan fingerprint density at radius 1 is 1.10 bits per heavy atom. The van der Waals surface area contributed by atoms with Crippen molar-refractivity contribution in [3.05, 3.63) is 54.1 Å². The number of benzene rings is 2. The van der Waals surface area contributed by atoms with Gasteiger partial charge in [-0.3, -0.25) is 4.79 Å². The van der Waals surface area contributed by atoms with Crippen LogP contribution in [0.1, 0.15) is 10.4 Å². The van der Waals surface area contributed by atoms with Crippen LogP contribution >= 0.6 is 0 Å². The van der Waals surface area contributed by atoms with Gasteiger partial charge in [-0.1, -0.05) is 18.2 Å². The lowest BCUT2D eigenvalue weighted by molar-refractivity contribution is 0.0827. The van der Waals surface area contributed by atoms with E-state index in [2.05, 4.69) is 4.98 Å². The van der Waals surface area contributed by atoms with Crippen molar-refractivity contribution in [2.45, 2.75) is 0 Å². The van der Waals surface area contributed by atoms with Gasteiger partial charge in [-0.2, -0.15) is 0 Å². The summed E-state index contributed by atoms with van der Waals surface area (Å²) in [6, 6.07) is 14.9. The summed E-state index contributed by atoms with van der Waals surface area (Å²) in [6.07, 6.45) is 0. The third-order valence-electron chi connectivity index (χ3n) is 3.06. The third kappa shape index (κ3) is 2.16. The Bertz CT molecular complexity index is 742. The van der Waals surface area contributed by atoms with E-state index in [1.165, 1.54) is 0 Å². The zero-order valence-corrected chi connectivity index (χ0v) is 11.3. The van der Waals surface area contributed by atoms with Crippen molar-refractivity contribution in [1.82, 2.24) is 9.88 Å². The summed E-state index contributed by atoms with van der Waals surface area (Å²) in [5.41, 5.74) is 2.97. The fraction of sp³-hybridized carbons (Fsp3) is 0.125. The van der Waals surface area contributed by atoms with Crippen molar-refractivity contribution < 1.29 is 9.21 Å². The number of oxazole rings is 1. The van der Waals surface area contributed by atoms with Crippen molar-refractivity contribution in [2.24, 2.45) is 0 Å². The molecule has 0 radical (unpaired) electrons. The minimum atomic E-state index is -0.0389. The summed E-state index contributed by atoms with van der Waals surface area (Å²) in [5, 5.41) is 0. The van der Waals surface area contributed by atoms with Crippen LogP contribution in [0.5, 0.6) is 0 Å². The van der Waals surface area contributed by atoms with E-state index >= 15 is 0 Å². The highest BCUT2D eigenvalue weighted by Crippen LogP contribution is 2.24. The summed E-state index contributed by atoms with van der Waals surface area (Å²) >= 11 is 0. The van der Waals surface area contributed by atoms with E-state index in [9.17, 15) is 4.79 Å². The van der Waals surface area contributed by atoms with Gasteiger partial charge in [0.2, 0.25) is 5.89 Å². The Balaban J connectivity index is 2.05. The second kappa shape index (κ2) is 4.81. The molecule has 0 fully saturated rings. The first kappa shape index (κ1) is 12.4. The van der Waals surface area contributed by atoms with E-state index < -0.39 is 0 Å². The lowest BCUT2D eigenvalue weighted by Gasteiger charge is -2.10. The van der Waals surface area contributed by atoms with E-state index in [4.69, 9.17) is 4.42 Å². The quantitative estimate of drug-likeness (QED) is 0.715. The highest BCUT2D eigenvalue weighted by molar-refractivity contribution is 5.95. The maximum atomic E-state index is 12.0. The van der Waals surface area contributed by atoms with E-state index in [1.54, 1.807) is 31.1 Å². The van der Waals surface area contributed by atoms with Gasteiger partial charge in [0.05, 0.1) is 0 Å². The van der Waals surface area contributed by atoms with Crippen molar-refractivity contribution >= 4 is 17.0 Å². The lowest BCUT2D eigenvalue weighted by atomic mass is 10.1. The zero-order chi connectivity index (χ0) is 14.1. The Morgan fingerprint density at radius 2 is 1.90 bits per heavy atom. The largest absolute Gasteiger partial charge is 0.436 e. The molecule has 0 aliphatic heterocycles. The molecule has 1 heterocycles. The predicted molar refractivity (Wildman–Crippen MR) is 77.5 cm³/mol. The molecular formula is C16H14N2O2. The first-order chi connectivity index (χ1) is 9.65. The van der Waals surface area contributed by atoms with Crippen LogP contribution in [0.3, 0.4) is 0 Å². The average Bonchev–Trinajstić information content (AvgIpc) is 2.90. The number of nitrogens with zero attached hydrogens (tertiary/aromatic N) is 2. The van der Waals surface area contributed by atoms with Crippen LogP contribution in [0.4, 0.5) is 0 Å². The number of carbonyl (C=O) groups is 1. The molecule has 0 N–H and O–H groups in total. The van der Waals surface area contributed by atoms with Crippen LogP contribution in [0.25, 0.3) is 22.6 Å². The minimum Gasteiger partial charge on any atom is -0.436 e. The Morgan fingerprint density at radius 3 is 2.65 bits per heavy atom. The highest BCUT2D eigenvalue weighted by atomic mass is 16.3. The van der Waals surface area contributed by atoms with Gasteiger partial charge in [0.1, 0.15) is 5.52 Å². The van der Waals surface area contributed by atoms with Gasteiger partial charge in [-0.05, 0) is 30.3 Å². The number of amides is 1. The van der Waals surface area contributed by atoms with Gasteiger partial charge < -0.3 is 9.32 Å². The van der Waals surface area contributed by atoms with Crippen molar-refractivity contribution in [1.29, 1.82) is 0 Å². The number of rotatable bonds is 2. The molecule has 0 spiro atoms. The normalized spacial score (nSPS) is 10.7. The van der Waals surface area contributed by atoms with Gasteiger partial charge >= 0.3 is 0 Å². The summed E-state index contributed by atoms with van der Waals surface area (Å²) < 4.78 is 5.71. The lowest BCUT2D eigenvalue weighted by Crippen LogP contribution is -2.21. The Labute approximate surface area is 116 Å². The molecule has 1 amide bonds. The van der Waals surface area contributed by atoms with Crippen LogP contribution in [-0.2, 0) is 0 Å². The molecule has 0 saturated carbocycles. The van der Waals surface area contributed by atoms with E-state index in [1.807, 2.05) is 36.4 Å². The Hall–Kier alpha value is -2.62. The number of aromatic nitrogens is 1. The molecule has 1 aromatic heterocycles. The van der Waals surface area contributed by atoms with Crippen LogP contribution in [0, 0.1) is 0 Å². The van der Waals surface area contributed by atoms with Gasteiger partial charge in [-0.15, -0.1) is 0 Å². The minimum absolute atomic E-state index is 0.0389. The number of hydrogen-bond donors (Lipinski definition) is 0. The molecule has 0 saturated heterocycles. The fourth-order valence-corrected chi connectivity index (χ4v) is 2.04. The van der Waals surface area contributed by atoms with Crippen molar-refractivity contribution in [2.75, 3.05) is 14.1 Å². The highest BCUT2D eigenvalue weighted by Gasteiger charge is 2.12. The van der Waals surface area contributed by atoms with Crippen molar-refractivity contribution in [3.63, 3.8) is 0 Å². The van der Waals surface area contributed by atoms with Gasteiger partial charge in [0.25, 0.3) is 5.91 Å². The first-order valence-corrected chi connectivity index (χ1v) is 6.33. The van der Waals surface area contributed by atoms with Crippen LogP contribution in [-0.4, -0.2) is 29.9 Å². The molecule has 0 unspecified atom stereocenters. The van der Waals surface area contributed by atoms with E-state index in [0.717, 1.165) is 16.7 Å². The van der Waals surface area contributed by atoms with Crippen molar-refractivity contribution in [3.8, 4) is 11.5 Å². The molecule has 4 heteroatoms. The first-order valence-electron chi connectivity index (χ1n) is 6.33. The van der Waals surface area contributed by atoms with Crippen LogP contribution in [0.15, 0.2) is 52.9 Å². The monoisotopic (exact) mass is 266 g/mol. The SMILES string of the molecule is CN(C)C(=O)c1cccc(-c2nc3ccccc3o2)c1. The van der Waals surface area contributed by atoms with Crippen LogP contribution < -0.4 is 0 Å². The summed E-state index contributed by atoms with van der Waals surface area (Å²) in [6.45, 7) is 0. The number of hydrogen-bond acceptors (Lipinski definition) is 3. The number of para-hydroxylation sites is 2. The van der Waals surface area contributed by atoms with E-state index in [0.29, 0.717) is 11.5 Å². The van der Waals surface area contributed by atoms with Gasteiger partial charge in [-0.25, -0.2) is 4.98 Å². The standard InChI is InChI=1S/C16H14N2O2/c1-18(2)16(19)12-7-5-6-11(10-12)15-17-13-8-3-4-9-14(13)20-15/h3-10H,1-2H3. The molecule has 0 aliphatic carbocycles. The molecule has 2 aromatic carbocycles. The molecule has 3 rings (SSSR count). The number of carbonyl (C=O) groups excluding carboxylic acids is 1. The van der Waals surface area contributed by atoms with Gasteiger partial charge in [0, 0.05) is 25.2 Å². The predicted octanol–water partition coefficient (Wildman–Crippen LogP) is 3.20. The molecule has 100 valence electrons. The van der Waals surface area contributed by atoms with Crippen LogP contribution in [0.2, 0.25) is 0 Å². The maximum Gasteiger partial charge on any atom is 0.253 e. The molecular weight excluding hydrogens is 252 g/mol. The zero-order valence-electron chi connectivity index (χ0n) is 11.3. The number of fused-ring (bicyclic) bond motifs is 1. The smallest absolute Gasteiger partial charge is 0.253 e. The summed E-state index contributed by atoms with van der Waals surface area (Å²) in [5.74, 6) is 0.488. The Kier molecular flexibility index (Phi) is 2.99. The second-order valence-electron chi connectivity index (χ2n) is 4.77. The molecule has 3 aromatic rings. The third-order valence-corrected chi connectivity index (χ3v) is 3.06. The molecule has 0 atom stereocenters. The maximum absolute atomic E-state index is 12.0. The molecule has 0 aliphatic rings. The topological polar surface area (TPSA) is 46.3 Å². The van der Waals surface area contributed by atoms with Gasteiger partial charge in [0.15, 0.2) is 5.58 Å². The molecule has 0 bridgehead atoms. The second-order valence-corrected chi connectivity index (χ2v) is 4.77.